The lowest BCUT2D eigenvalue weighted by molar-refractivity contribution is -0.157. The second-order valence-electron chi connectivity index (χ2n) is 6.34. The van der Waals surface area contributed by atoms with Crippen LogP contribution in [0.25, 0.3) is 0 Å². The number of piperazine rings is 1. The van der Waals surface area contributed by atoms with E-state index in [1.807, 2.05) is 27.0 Å². The van der Waals surface area contributed by atoms with Crippen LogP contribution in [-0.4, -0.2) is 33.3 Å². The van der Waals surface area contributed by atoms with Gasteiger partial charge in [0.1, 0.15) is 16.6 Å². The maximum Gasteiger partial charge on any atom is 0.249 e. The zero-order chi connectivity index (χ0) is 15.4. The third-order valence-electron chi connectivity index (χ3n) is 4.67. The van der Waals surface area contributed by atoms with Crippen LogP contribution in [0, 0.1) is 12.8 Å². The normalized spacial score (nSPS) is 31.2. The number of carbonyl (C=O) groups excluding carboxylic acids is 2. The van der Waals surface area contributed by atoms with Crippen LogP contribution in [0.1, 0.15) is 49.5 Å². The van der Waals surface area contributed by atoms with Crippen LogP contribution in [0.3, 0.4) is 0 Å². The van der Waals surface area contributed by atoms with Crippen LogP contribution in [0.4, 0.5) is 0 Å². The van der Waals surface area contributed by atoms with Gasteiger partial charge in [0.05, 0.1) is 6.04 Å². The van der Waals surface area contributed by atoms with Crippen LogP contribution in [-0.2, 0) is 9.59 Å². The Balaban J connectivity index is 1.94. The summed E-state index contributed by atoms with van der Waals surface area (Å²) in [5.41, 5.74) is -0.746. The number of rotatable bonds is 3. The Bertz CT molecular complexity index is 595. The van der Waals surface area contributed by atoms with E-state index in [2.05, 4.69) is 10.3 Å². The molecule has 1 saturated heterocycles. The first kappa shape index (κ1) is 14.5. The van der Waals surface area contributed by atoms with Gasteiger partial charge in [-0.25, -0.2) is 4.98 Å². The number of hydrogen-bond donors (Lipinski definition) is 1. The quantitative estimate of drug-likeness (QED) is 0.929. The predicted molar refractivity (Wildman–Crippen MR) is 80.8 cm³/mol. The zero-order valence-corrected chi connectivity index (χ0v) is 13.7. The Morgan fingerprint density at radius 2 is 2.14 bits per heavy atom. The van der Waals surface area contributed by atoms with Crippen molar-refractivity contribution in [3.8, 4) is 0 Å². The Labute approximate surface area is 128 Å². The van der Waals surface area contributed by atoms with Crippen LogP contribution < -0.4 is 5.32 Å². The van der Waals surface area contributed by atoms with Crippen LogP contribution in [0.2, 0.25) is 0 Å². The zero-order valence-electron chi connectivity index (χ0n) is 12.8. The standard InChI is InChI=1S/C15H21N3O2S/c1-8-7-16-13(21-8)10(3)18-9(2)12(19)17-15(4,14(18)20)11-5-6-11/h7,9-11H,5-6H2,1-4H3,(H,17,19). The summed E-state index contributed by atoms with van der Waals surface area (Å²) in [6, 6.07) is -0.626. The molecule has 6 heteroatoms. The molecule has 2 aliphatic rings. The van der Waals surface area contributed by atoms with Crippen molar-refractivity contribution in [2.45, 2.75) is 58.2 Å². The number of aryl methyl sites for hydroxylation is 1. The van der Waals surface area contributed by atoms with Gasteiger partial charge in [0.15, 0.2) is 0 Å². The molecule has 21 heavy (non-hydrogen) atoms. The highest BCUT2D eigenvalue weighted by molar-refractivity contribution is 7.11. The van der Waals surface area contributed by atoms with Gasteiger partial charge in [-0.05, 0) is 46.5 Å². The van der Waals surface area contributed by atoms with Gasteiger partial charge in [0.2, 0.25) is 11.8 Å². The first-order chi connectivity index (χ1) is 9.84. The van der Waals surface area contributed by atoms with Gasteiger partial charge in [0, 0.05) is 11.1 Å². The van der Waals surface area contributed by atoms with Gasteiger partial charge in [-0.15, -0.1) is 11.3 Å². The van der Waals surface area contributed by atoms with Gasteiger partial charge >= 0.3 is 0 Å². The molecule has 3 atom stereocenters. The Morgan fingerprint density at radius 3 is 2.67 bits per heavy atom. The first-order valence-electron chi connectivity index (χ1n) is 7.41. The molecule has 1 saturated carbocycles. The minimum Gasteiger partial charge on any atom is -0.340 e. The molecule has 5 nitrogen and oxygen atoms in total. The lowest BCUT2D eigenvalue weighted by Crippen LogP contribution is -2.69. The number of hydrogen-bond acceptors (Lipinski definition) is 4. The van der Waals surface area contributed by atoms with Gasteiger partial charge in [0.25, 0.3) is 0 Å². The molecular weight excluding hydrogens is 286 g/mol. The molecular formula is C15H21N3O2S. The molecule has 1 aliphatic carbocycles. The van der Waals surface area contributed by atoms with E-state index in [0.717, 1.165) is 22.7 Å². The van der Waals surface area contributed by atoms with Gasteiger partial charge in [-0.3, -0.25) is 9.59 Å². The van der Waals surface area contributed by atoms with Crippen molar-refractivity contribution in [2.75, 3.05) is 0 Å². The number of nitrogens with one attached hydrogen (secondary N) is 1. The molecule has 1 aromatic heterocycles. The van der Waals surface area contributed by atoms with Crippen LogP contribution >= 0.6 is 11.3 Å². The molecule has 3 rings (SSSR count). The third kappa shape index (κ3) is 2.25. The first-order valence-corrected chi connectivity index (χ1v) is 8.23. The SMILES string of the molecule is Cc1cnc(C(C)N2C(=O)C(C)(C3CC3)NC(=O)C2C)s1. The maximum absolute atomic E-state index is 13.0. The van der Waals surface area contributed by atoms with Gasteiger partial charge < -0.3 is 10.2 Å². The topological polar surface area (TPSA) is 62.3 Å². The summed E-state index contributed by atoms with van der Waals surface area (Å²) in [6.45, 7) is 7.61. The monoisotopic (exact) mass is 307 g/mol. The molecule has 2 amide bonds. The molecule has 114 valence electrons. The van der Waals surface area contributed by atoms with Gasteiger partial charge in [-0.1, -0.05) is 0 Å². The van der Waals surface area contributed by atoms with E-state index in [1.54, 1.807) is 23.2 Å². The van der Waals surface area contributed by atoms with Crippen molar-refractivity contribution >= 4 is 23.2 Å². The summed E-state index contributed by atoms with van der Waals surface area (Å²) >= 11 is 1.58. The fraction of sp³-hybridized carbons (Fsp3) is 0.667. The van der Waals surface area contributed by atoms with E-state index in [0.29, 0.717) is 0 Å². The summed E-state index contributed by atoms with van der Waals surface area (Å²) in [4.78, 5) is 32.5. The number of amides is 2. The summed E-state index contributed by atoms with van der Waals surface area (Å²) in [7, 11) is 0. The van der Waals surface area contributed by atoms with Crippen LogP contribution in [0.5, 0.6) is 0 Å². The smallest absolute Gasteiger partial charge is 0.249 e. The summed E-state index contributed by atoms with van der Waals surface area (Å²) in [6.07, 6.45) is 3.83. The molecule has 2 fully saturated rings. The van der Waals surface area contributed by atoms with Crippen molar-refractivity contribution in [1.29, 1.82) is 0 Å². The maximum atomic E-state index is 13.0. The van der Waals surface area contributed by atoms with E-state index in [1.165, 1.54) is 0 Å². The summed E-state index contributed by atoms with van der Waals surface area (Å²) < 4.78 is 0. The predicted octanol–water partition coefficient (Wildman–Crippen LogP) is 2.03. The number of aromatic nitrogens is 1. The average molecular weight is 307 g/mol. The number of carbonyl (C=O) groups is 2. The van der Waals surface area contributed by atoms with Crippen molar-refractivity contribution in [3.63, 3.8) is 0 Å². The van der Waals surface area contributed by atoms with E-state index >= 15 is 0 Å². The lowest BCUT2D eigenvalue weighted by Gasteiger charge is -2.45. The fourth-order valence-electron chi connectivity index (χ4n) is 3.12. The van der Waals surface area contributed by atoms with Crippen molar-refractivity contribution < 1.29 is 9.59 Å². The van der Waals surface area contributed by atoms with E-state index < -0.39 is 11.6 Å². The average Bonchev–Trinajstić information content (AvgIpc) is 3.20. The van der Waals surface area contributed by atoms with E-state index in [9.17, 15) is 9.59 Å². The lowest BCUT2D eigenvalue weighted by atomic mass is 9.89. The Hall–Kier alpha value is -1.43. The molecule has 0 aromatic carbocycles. The molecule has 2 heterocycles. The highest BCUT2D eigenvalue weighted by atomic mass is 32.1. The second kappa shape index (κ2) is 4.80. The van der Waals surface area contributed by atoms with Crippen molar-refractivity contribution in [3.05, 3.63) is 16.1 Å². The molecule has 3 unspecified atom stereocenters. The summed E-state index contributed by atoms with van der Waals surface area (Å²) in [5.74, 6) is 0.232. The number of nitrogens with zero attached hydrogens (tertiary/aromatic N) is 2. The second-order valence-corrected chi connectivity index (χ2v) is 7.61. The Morgan fingerprint density at radius 1 is 1.48 bits per heavy atom. The fourth-order valence-corrected chi connectivity index (χ4v) is 3.94. The minimum atomic E-state index is -0.746. The molecule has 1 N–H and O–H groups in total. The molecule has 1 aromatic rings. The van der Waals surface area contributed by atoms with Crippen molar-refractivity contribution in [2.24, 2.45) is 5.92 Å². The molecule has 0 radical (unpaired) electrons. The highest BCUT2D eigenvalue weighted by Crippen LogP contribution is 2.43. The largest absolute Gasteiger partial charge is 0.340 e. The summed E-state index contributed by atoms with van der Waals surface area (Å²) in [5, 5.41) is 3.84. The van der Waals surface area contributed by atoms with E-state index in [4.69, 9.17) is 0 Å². The van der Waals surface area contributed by atoms with E-state index in [-0.39, 0.29) is 23.8 Å². The molecule has 0 bridgehead atoms. The van der Waals surface area contributed by atoms with Gasteiger partial charge in [-0.2, -0.15) is 0 Å². The van der Waals surface area contributed by atoms with Crippen LogP contribution in [0.15, 0.2) is 6.20 Å². The third-order valence-corrected chi connectivity index (χ3v) is 5.75. The minimum absolute atomic E-state index is 0.0254. The number of thiazole rings is 1. The molecule has 1 aliphatic heterocycles. The molecule has 0 spiro atoms. The van der Waals surface area contributed by atoms with Crippen molar-refractivity contribution in [1.82, 2.24) is 15.2 Å². The Kier molecular flexibility index (Phi) is 3.31. The highest BCUT2D eigenvalue weighted by Gasteiger charge is 2.55.